The number of rotatable bonds is 5. The fourth-order valence-electron chi connectivity index (χ4n) is 4.32. The van der Waals surface area contributed by atoms with Crippen molar-refractivity contribution in [3.8, 4) is 18.0 Å². The number of fused-ring (bicyclic) bond motifs is 2. The lowest BCUT2D eigenvalue weighted by Crippen LogP contribution is -2.46. The van der Waals surface area contributed by atoms with Crippen LogP contribution in [0.25, 0.3) is 0 Å². The van der Waals surface area contributed by atoms with Gasteiger partial charge in [-0.25, -0.2) is 9.07 Å². The fourth-order valence-corrected chi connectivity index (χ4v) is 4.32. The fraction of sp³-hybridized carbons (Fsp3) is 0.550. The molecule has 0 radical (unpaired) electrons. The lowest BCUT2D eigenvalue weighted by Gasteiger charge is -2.35. The summed E-state index contributed by atoms with van der Waals surface area (Å²) in [5, 5.41) is 16.9. The van der Waals surface area contributed by atoms with Crippen LogP contribution in [0.5, 0.6) is 11.8 Å². The Hall–Kier alpha value is -3.03. The van der Waals surface area contributed by atoms with Crippen molar-refractivity contribution >= 4 is 5.95 Å². The van der Waals surface area contributed by atoms with Gasteiger partial charge in [0.1, 0.15) is 0 Å². The number of likely N-dealkylation sites (tertiary alicyclic amines) is 1. The summed E-state index contributed by atoms with van der Waals surface area (Å²) in [7, 11) is 0. The van der Waals surface area contributed by atoms with E-state index in [4.69, 9.17) is 4.74 Å². The molecule has 11 heteroatoms. The minimum absolute atomic E-state index is 0.0887. The number of piperidine rings is 1. The van der Waals surface area contributed by atoms with E-state index in [1.54, 1.807) is 4.90 Å². The van der Waals surface area contributed by atoms with Crippen LogP contribution < -0.4 is 10.1 Å². The average molecular weight is 438 g/mol. The lowest BCUT2D eigenvalue weighted by atomic mass is 9.92. The van der Waals surface area contributed by atoms with E-state index in [1.807, 2.05) is 13.8 Å². The molecule has 2 aromatic rings. The molecule has 0 unspecified atom stereocenters. The molecule has 1 aromatic carbocycles. The van der Waals surface area contributed by atoms with E-state index in [-0.39, 0.29) is 35.9 Å². The first-order valence-electron chi connectivity index (χ1n) is 10.1. The Morgan fingerprint density at radius 2 is 1.90 bits per heavy atom. The number of alkyl halides is 3. The van der Waals surface area contributed by atoms with Crippen LogP contribution in [0.3, 0.4) is 0 Å². The Labute approximate surface area is 176 Å². The van der Waals surface area contributed by atoms with Gasteiger partial charge in [0.25, 0.3) is 0 Å². The molecule has 0 amide bonds. The van der Waals surface area contributed by atoms with E-state index in [9.17, 15) is 22.8 Å². The maximum atomic E-state index is 14.1. The largest absolute Gasteiger partial charge is 0.421 e. The molecule has 1 N–H and O–H groups in total. The van der Waals surface area contributed by atoms with E-state index >= 15 is 0 Å². The zero-order valence-corrected chi connectivity index (χ0v) is 17.0. The summed E-state index contributed by atoms with van der Waals surface area (Å²) < 4.78 is 60.0. The molecule has 2 heterocycles. The second-order valence-corrected chi connectivity index (χ2v) is 8.27. The summed E-state index contributed by atoms with van der Waals surface area (Å²) in [4.78, 5) is 6.04. The molecule has 31 heavy (non-hydrogen) atoms. The Bertz CT molecular complexity index is 985. The SMILES string of the molecule is CC(C)n1nc(N[C@@H]2[C@@H]3CC[C@H]2CN(C#N)C3)nc1Oc1cc(C(F)(F)F)ccc1F. The van der Waals surface area contributed by atoms with Gasteiger partial charge in [-0.1, -0.05) is 0 Å². The highest BCUT2D eigenvalue weighted by molar-refractivity contribution is 5.35. The molecule has 1 saturated carbocycles. The molecule has 166 valence electrons. The summed E-state index contributed by atoms with van der Waals surface area (Å²) in [5.41, 5.74) is -1.02. The smallest absolute Gasteiger partial charge is 0.416 e. The first-order valence-corrected chi connectivity index (χ1v) is 10.1. The minimum Gasteiger partial charge on any atom is -0.421 e. The van der Waals surface area contributed by atoms with Crippen LogP contribution in [0.15, 0.2) is 18.2 Å². The first-order chi connectivity index (χ1) is 14.7. The standard InChI is InChI=1S/C20H22F4N6O/c1-11(2)30-19(31-16-7-14(20(22,23)24)5-6-15(16)21)27-18(28-30)26-17-12-3-4-13(17)9-29(8-12)10-25/h5-7,11-13,17H,3-4,8-9H2,1-2H3,(H,26,28)/t12-,13+,17-. The molecular weight excluding hydrogens is 416 g/mol. The van der Waals surface area contributed by atoms with Crippen LogP contribution >= 0.6 is 0 Å². The van der Waals surface area contributed by atoms with Gasteiger partial charge in [0, 0.05) is 19.1 Å². The monoisotopic (exact) mass is 438 g/mol. The third-order valence-electron chi connectivity index (χ3n) is 5.82. The zero-order chi connectivity index (χ0) is 22.3. The van der Waals surface area contributed by atoms with Crippen molar-refractivity contribution in [1.29, 1.82) is 5.26 Å². The van der Waals surface area contributed by atoms with Gasteiger partial charge in [0.05, 0.1) is 11.6 Å². The molecule has 0 spiro atoms. The van der Waals surface area contributed by atoms with Crippen molar-refractivity contribution in [3.63, 3.8) is 0 Å². The molecule has 1 aromatic heterocycles. The molecule has 7 nitrogen and oxygen atoms in total. The zero-order valence-electron chi connectivity index (χ0n) is 17.0. The van der Waals surface area contributed by atoms with Crippen molar-refractivity contribution in [3.05, 3.63) is 29.6 Å². The number of aromatic nitrogens is 3. The number of nitriles is 1. The maximum absolute atomic E-state index is 14.1. The number of hydrogen-bond acceptors (Lipinski definition) is 6. The van der Waals surface area contributed by atoms with E-state index in [2.05, 4.69) is 21.6 Å². The number of benzene rings is 1. The second kappa shape index (κ2) is 7.90. The lowest BCUT2D eigenvalue weighted by molar-refractivity contribution is -0.137. The topological polar surface area (TPSA) is 79.0 Å². The number of hydrogen-bond donors (Lipinski definition) is 1. The average Bonchev–Trinajstić information content (AvgIpc) is 3.19. The van der Waals surface area contributed by atoms with Crippen molar-refractivity contribution in [2.45, 2.75) is 44.9 Å². The Morgan fingerprint density at radius 3 is 2.48 bits per heavy atom. The van der Waals surface area contributed by atoms with E-state index < -0.39 is 23.3 Å². The van der Waals surface area contributed by atoms with Gasteiger partial charge in [-0.3, -0.25) is 0 Å². The normalized spacial score (nSPS) is 23.2. The highest BCUT2D eigenvalue weighted by Crippen LogP contribution is 2.39. The third-order valence-corrected chi connectivity index (χ3v) is 5.82. The summed E-state index contributed by atoms with van der Waals surface area (Å²) in [6.45, 7) is 4.94. The highest BCUT2D eigenvalue weighted by Gasteiger charge is 2.42. The molecule has 2 aliphatic rings. The van der Waals surface area contributed by atoms with Crippen molar-refractivity contribution in [2.75, 3.05) is 18.4 Å². The van der Waals surface area contributed by atoms with Gasteiger partial charge >= 0.3 is 12.2 Å². The van der Waals surface area contributed by atoms with Gasteiger partial charge in [0.2, 0.25) is 5.95 Å². The summed E-state index contributed by atoms with van der Waals surface area (Å²) >= 11 is 0. The number of ether oxygens (including phenoxy) is 1. The van der Waals surface area contributed by atoms with Crippen LogP contribution in [0, 0.1) is 29.1 Å². The number of nitrogens with one attached hydrogen (secondary N) is 1. The Morgan fingerprint density at radius 1 is 1.23 bits per heavy atom. The minimum atomic E-state index is -4.62. The van der Waals surface area contributed by atoms with Gasteiger partial charge < -0.3 is 15.0 Å². The van der Waals surface area contributed by atoms with Crippen molar-refractivity contribution in [1.82, 2.24) is 19.7 Å². The molecule has 3 atom stereocenters. The molecule has 4 rings (SSSR count). The summed E-state index contributed by atoms with van der Waals surface area (Å²) in [6, 6.07) is 1.76. The van der Waals surface area contributed by atoms with Crippen LogP contribution in [0.2, 0.25) is 0 Å². The number of halogens is 4. The Kier molecular flexibility index (Phi) is 5.41. The molecular formula is C20H22F4N6O. The summed E-state index contributed by atoms with van der Waals surface area (Å²) in [6.07, 6.45) is -0.443. The van der Waals surface area contributed by atoms with Crippen LogP contribution in [0.1, 0.15) is 38.3 Å². The molecule has 2 fully saturated rings. The molecule has 1 saturated heterocycles. The van der Waals surface area contributed by atoms with Gasteiger partial charge in [0.15, 0.2) is 17.8 Å². The third kappa shape index (κ3) is 4.24. The van der Waals surface area contributed by atoms with E-state index in [0.717, 1.165) is 12.8 Å². The van der Waals surface area contributed by atoms with Crippen molar-refractivity contribution < 1.29 is 22.3 Å². The van der Waals surface area contributed by atoms with Crippen LogP contribution in [-0.4, -0.2) is 38.8 Å². The number of nitrogens with zero attached hydrogens (tertiary/aromatic N) is 5. The highest BCUT2D eigenvalue weighted by atomic mass is 19.4. The van der Waals surface area contributed by atoms with Crippen molar-refractivity contribution in [2.24, 2.45) is 11.8 Å². The Balaban J connectivity index is 1.57. The van der Waals surface area contributed by atoms with E-state index in [0.29, 0.717) is 31.3 Å². The maximum Gasteiger partial charge on any atom is 0.416 e. The predicted octanol–water partition coefficient (Wildman–Crippen LogP) is 4.41. The summed E-state index contributed by atoms with van der Waals surface area (Å²) in [5.74, 6) is -0.687. The first kappa shape index (κ1) is 21.2. The van der Waals surface area contributed by atoms with Crippen LogP contribution in [-0.2, 0) is 6.18 Å². The van der Waals surface area contributed by atoms with Gasteiger partial charge in [-0.15, -0.1) is 5.10 Å². The second-order valence-electron chi connectivity index (χ2n) is 8.27. The predicted molar refractivity (Wildman–Crippen MR) is 103 cm³/mol. The quantitative estimate of drug-likeness (QED) is 0.550. The van der Waals surface area contributed by atoms with Gasteiger partial charge in [-0.05, 0) is 56.7 Å². The van der Waals surface area contributed by atoms with Gasteiger partial charge in [-0.2, -0.15) is 23.4 Å². The molecule has 1 aliphatic heterocycles. The molecule has 2 bridgehead atoms. The molecule has 1 aliphatic carbocycles. The number of anilines is 1. The van der Waals surface area contributed by atoms with Crippen LogP contribution in [0.4, 0.5) is 23.5 Å². The van der Waals surface area contributed by atoms with E-state index in [1.165, 1.54) is 4.68 Å².